The van der Waals surface area contributed by atoms with E-state index in [1.54, 1.807) is 11.0 Å². The summed E-state index contributed by atoms with van der Waals surface area (Å²) in [4.78, 5) is 13.8. The van der Waals surface area contributed by atoms with Crippen LogP contribution in [0.15, 0.2) is 18.2 Å². The van der Waals surface area contributed by atoms with Gasteiger partial charge in [0.2, 0.25) is 0 Å². The minimum absolute atomic E-state index is 0.000175. The Morgan fingerprint density at radius 2 is 2.19 bits per heavy atom. The minimum Gasteiger partial charge on any atom is -0.482 e. The molecule has 0 atom stereocenters. The highest BCUT2D eigenvalue weighted by Gasteiger charge is 2.29. The second kappa shape index (κ2) is 7.14. The summed E-state index contributed by atoms with van der Waals surface area (Å²) in [5.41, 5.74) is 0.970. The van der Waals surface area contributed by atoms with Crippen molar-refractivity contribution in [1.82, 2.24) is 10.2 Å². The third-order valence-corrected chi connectivity index (χ3v) is 3.87. The molecule has 21 heavy (non-hydrogen) atoms. The number of hydrogen-bond acceptors (Lipinski definition) is 3. The van der Waals surface area contributed by atoms with E-state index >= 15 is 0 Å². The van der Waals surface area contributed by atoms with E-state index in [2.05, 4.69) is 19.2 Å². The molecular formula is C16H23ClN2O2. The van der Waals surface area contributed by atoms with Crippen molar-refractivity contribution in [3.63, 3.8) is 0 Å². The van der Waals surface area contributed by atoms with Crippen LogP contribution in [-0.4, -0.2) is 36.5 Å². The zero-order valence-corrected chi connectivity index (χ0v) is 13.6. The molecule has 0 heterocycles. The summed E-state index contributed by atoms with van der Waals surface area (Å²) in [6, 6.07) is 6.41. The highest BCUT2D eigenvalue weighted by molar-refractivity contribution is 6.32. The number of para-hydroxylation sites is 1. The fraction of sp³-hybridized carbons (Fsp3) is 0.562. The summed E-state index contributed by atoms with van der Waals surface area (Å²) in [7, 11) is 1.83. The smallest absolute Gasteiger partial charge is 0.260 e. The first-order valence-corrected chi connectivity index (χ1v) is 7.76. The van der Waals surface area contributed by atoms with Crippen molar-refractivity contribution < 1.29 is 9.53 Å². The fourth-order valence-electron chi connectivity index (χ4n) is 2.07. The Morgan fingerprint density at radius 1 is 1.48 bits per heavy atom. The molecule has 1 N–H and O–H groups in total. The standard InChI is InChI=1S/C16H23ClN2O2/c1-11(2)18-9-12-5-4-6-14(17)16(12)21-10-15(20)19(3)13-7-8-13/h4-6,11,13,18H,7-10H2,1-3H3. The first-order valence-electron chi connectivity index (χ1n) is 7.38. The normalized spacial score (nSPS) is 14.3. The molecule has 1 aromatic rings. The summed E-state index contributed by atoms with van der Waals surface area (Å²) in [5, 5.41) is 3.88. The number of ether oxygens (including phenoxy) is 1. The van der Waals surface area contributed by atoms with Crippen molar-refractivity contribution >= 4 is 17.5 Å². The molecule has 0 spiro atoms. The number of carbonyl (C=O) groups excluding carboxylic acids is 1. The highest BCUT2D eigenvalue weighted by atomic mass is 35.5. The van der Waals surface area contributed by atoms with Crippen LogP contribution in [0.1, 0.15) is 32.3 Å². The van der Waals surface area contributed by atoms with Crippen LogP contribution >= 0.6 is 11.6 Å². The number of carbonyl (C=O) groups is 1. The molecule has 1 amide bonds. The predicted molar refractivity (Wildman–Crippen MR) is 84.7 cm³/mol. The number of benzene rings is 1. The molecule has 5 heteroatoms. The zero-order chi connectivity index (χ0) is 15.4. The van der Waals surface area contributed by atoms with E-state index in [-0.39, 0.29) is 12.5 Å². The maximum atomic E-state index is 12.0. The van der Waals surface area contributed by atoms with Crippen LogP contribution in [0.4, 0.5) is 0 Å². The van der Waals surface area contributed by atoms with Gasteiger partial charge in [-0.15, -0.1) is 0 Å². The molecule has 4 nitrogen and oxygen atoms in total. The Bertz CT molecular complexity index is 501. The molecule has 0 aromatic heterocycles. The third kappa shape index (κ3) is 4.61. The average molecular weight is 311 g/mol. The molecule has 0 radical (unpaired) electrons. The lowest BCUT2D eigenvalue weighted by Gasteiger charge is -2.18. The van der Waals surface area contributed by atoms with Crippen LogP contribution in [0.5, 0.6) is 5.75 Å². The number of hydrogen-bond donors (Lipinski definition) is 1. The Labute approximate surface area is 131 Å². The number of halogens is 1. The summed E-state index contributed by atoms with van der Waals surface area (Å²) in [5.74, 6) is 0.602. The van der Waals surface area contributed by atoms with Gasteiger partial charge in [0.15, 0.2) is 6.61 Å². The number of amides is 1. The van der Waals surface area contributed by atoms with E-state index in [9.17, 15) is 4.79 Å². The Hall–Kier alpha value is -1.26. The largest absolute Gasteiger partial charge is 0.482 e. The van der Waals surface area contributed by atoms with Crippen LogP contribution in [-0.2, 0) is 11.3 Å². The molecule has 116 valence electrons. The lowest BCUT2D eigenvalue weighted by atomic mass is 10.2. The first-order chi connectivity index (χ1) is 9.99. The van der Waals surface area contributed by atoms with E-state index in [0.717, 1.165) is 18.4 Å². The van der Waals surface area contributed by atoms with Crippen LogP contribution < -0.4 is 10.1 Å². The third-order valence-electron chi connectivity index (χ3n) is 3.58. The molecular weight excluding hydrogens is 288 g/mol. The number of rotatable bonds is 7. The van der Waals surface area contributed by atoms with Gasteiger partial charge >= 0.3 is 0 Å². The lowest BCUT2D eigenvalue weighted by Crippen LogP contribution is -2.33. The molecule has 1 aliphatic rings. The zero-order valence-electron chi connectivity index (χ0n) is 12.9. The Balaban J connectivity index is 1.98. The number of nitrogens with one attached hydrogen (secondary N) is 1. The highest BCUT2D eigenvalue weighted by Crippen LogP contribution is 2.29. The molecule has 1 saturated carbocycles. The molecule has 1 aliphatic carbocycles. The molecule has 1 aromatic carbocycles. The van der Waals surface area contributed by atoms with Crippen molar-refractivity contribution in [3.8, 4) is 5.75 Å². The van der Waals surface area contributed by atoms with Crippen LogP contribution in [0.2, 0.25) is 5.02 Å². The molecule has 0 aliphatic heterocycles. The van der Waals surface area contributed by atoms with Crippen molar-refractivity contribution in [3.05, 3.63) is 28.8 Å². The molecule has 0 saturated heterocycles. The quantitative estimate of drug-likeness (QED) is 0.842. The van der Waals surface area contributed by atoms with Gasteiger partial charge in [0.05, 0.1) is 5.02 Å². The van der Waals surface area contributed by atoms with Gasteiger partial charge in [-0.1, -0.05) is 37.6 Å². The second-order valence-electron chi connectivity index (χ2n) is 5.79. The number of nitrogens with zero attached hydrogens (tertiary/aromatic N) is 1. The predicted octanol–water partition coefficient (Wildman–Crippen LogP) is 2.84. The SMILES string of the molecule is CC(C)NCc1cccc(Cl)c1OCC(=O)N(C)C1CC1. The van der Waals surface area contributed by atoms with E-state index in [1.165, 1.54) is 0 Å². The van der Waals surface area contributed by atoms with Crippen LogP contribution in [0, 0.1) is 0 Å². The van der Waals surface area contributed by atoms with Gasteiger partial charge in [-0.05, 0) is 18.9 Å². The maximum absolute atomic E-state index is 12.0. The maximum Gasteiger partial charge on any atom is 0.260 e. The topological polar surface area (TPSA) is 41.6 Å². The monoisotopic (exact) mass is 310 g/mol. The lowest BCUT2D eigenvalue weighted by molar-refractivity contribution is -0.132. The van der Waals surface area contributed by atoms with Gasteiger partial charge < -0.3 is 15.0 Å². The van der Waals surface area contributed by atoms with E-state index in [1.807, 2.05) is 19.2 Å². The fourth-order valence-corrected chi connectivity index (χ4v) is 2.32. The average Bonchev–Trinajstić information content (AvgIpc) is 3.27. The molecule has 0 unspecified atom stereocenters. The Kier molecular flexibility index (Phi) is 5.48. The summed E-state index contributed by atoms with van der Waals surface area (Å²) < 4.78 is 5.70. The van der Waals surface area contributed by atoms with Crippen molar-refractivity contribution in [2.75, 3.05) is 13.7 Å². The minimum atomic E-state index is 0.000175. The second-order valence-corrected chi connectivity index (χ2v) is 6.20. The Morgan fingerprint density at radius 3 is 2.81 bits per heavy atom. The molecule has 0 bridgehead atoms. The van der Waals surface area contributed by atoms with Gasteiger partial charge in [0.1, 0.15) is 5.75 Å². The van der Waals surface area contributed by atoms with Gasteiger partial charge in [-0.3, -0.25) is 4.79 Å². The van der Waals surface area contributed by atoms with Crippen LogP contribution in [0.25, 0.3) is 0 Å². The van der Waals surface area contributed by atoms with Gasteiger partial charge in [0, 0.05) is 31.2 Å². The first kappa shape index (κ1) is 16.1. The van der Waals surface area contributed by atoms with Crippen LogP contribution in [0.3, 0.4) is 0 Å². The number of likely N-dealkylation sites (N-methyl/N-ethyl adjacent to an activating group) is 1. The van der Waals surface area contributed by atoms with E-state index < -0.39 is 0 Å². The van der Waals surface area contributed by atoms with Crippen molar-refractivity contribution in [2.24, 2.45) is 0 Å². The summed E-state index contributed by atoms with van der Waals surface area (Å²) >= 11 is 6.20. The van der Waals surface area contributed by atoms with Crippen molar-refractivity contribution in [1.29, 1.82) is 0 Å². The molecule has 1 fully saturated rings. The molecule has 2 rings (SSSR count). The van der Waals surface area contributed by atoms with Gasteiger partial charge in [0.25, 0.3) is 5.91 Å². The van der Waals surface area contributed by atoms with E-state index in [0.29, 0.717) is 29.4 Å². The van der Waals surface area contributed by atoms with Gasteiger partial charge in [-0.25, -0.2) is 0 Å². The summed E-state index contributed by atoms with van der Waals surface area (Å²) in [6.07, 6.45) is 2.19. The summed E-state index contributed by atoms with van der Waals surface area (Å²) in [6.45, 7) is 4.87. The van der Waals surface area contributed by atoms with Gasteiger partial charge in [-0.2, -0.15) is 0 Å². The van der Waals surface area contributed by atoms with Crippen molar-refractivity contribution in [2.45, 2.75) is 45.3 Å². The van der Waals surface area contributed by atoms with E-state index in [4.69, 9.17) is 16.3 Å².